The fourth-order valence-electron chi connectivity index (χ4n) is 3.79. The smallest absolute Gasteiger partial charge is 0.416 e. The number of esters is 2. The zero-order chi connectivity index (χ0) is 23.3. The van der Waals surface area contributed by atoms with E-state index >= 15 is 0 Å². The second-order valence-electron chi connectivity index (χ2n) is 7.15. The van der Waals surface area contributed by atoms with Crippen LogP contribution >= 0.6 is 0 Å². The van der Waals surface area contributed by atoms with E-state index in [1.807, 2.05) is 0 Å². The topological polar surface area (TPSA) is 82.1 Å². The van der Waals surface area contributed by atoms with Gasteiger partial charge in [-0.1, -0.05) is 23.8 Å². The van der Waals surface area contributed by atoms with Gasteiger partial charge in [0.25, 0.3) is 0 Å². The number of rotatable bonds is 5. The monoisotopic (exact) mass is 443 g/mol. The number of carbonyl (C=O) groups excluding carboxylic acids is 3. The van der Waals surface area contributed by atoms with Crippen LogP contribution in [0.3, 0.4) is 0 Å². The van der Waals surface area contributed by atoms with Crippen LogP contribution in [-0.2, 0) is 30.0 Å². The van der Waals surface area contributed by atoms with Gasteiger partial charge in [0.05, 0.1) is 33.3 Å². The number of ether oxygens (including phenoxy) is 3. The van der Waals surface area contributed by atoms with Crippen LogP contribution in [0.25, 0.3) is 6.08 Å². The van der Waals surface area contributed by atoms with E-state index in [-0.39, 0.29) is 13.0 Å². The lowest BCUT2D eigenvalue weighted by molar-refractivity contribution is -0.148. The van der Waals surface area contributed by atoms with Crippen molar-refractivity contribution >= 4 is 24.1 Å². The molecule has 0 aliphatic carbocycles. The van der Waals surface area contributed by atoms with E-state index in [0.29, 0.717) is 11.1 Å². The second-order valence-corrected chi connectivity index (χ2v) is 7.15. The summed E-state index contributed by atoms with van der Waals surface area (Å²) in [6, 6.07) is 3.52. The van der Waals surface area contributed by atoms with Crippen LogP contribution < -0.4 is 0 Å². The second kappa shape index (κ2) is 9.84. The summed E-state index contributed by atoms with van der Waals surface area (Å²) >= 11 is 0. The summed E-state index contributed by atoms with van der Waals surface area (Å²) in [5, 5.41) is 0. The van der Waals surface area contributed by atoms with Gasteiger partial charge in [0.2, 0.25) is 0 Å². The maximum absolute atomic E-state index is 12.8. The van der Waals surface area contributed by atoms with Crippen molar-refractivity contribution in [2.45, 2.75) is 25.6 Å². The van der Waals surface area contributed by atoms with Gasteiger partial charge in [-0.25, -0.2) is 9.59 Å². The third-order valence-electron chi connectivity index (χ3n) is 5.35. The van der Waals surface area contributed by atoms with Crippen LogP contribution in [0.4, 0.5) is 18.0 Å². The maximum atomic E-state index is 12.8. The first kappa shape index (κ1) is 24.2. The fourth-order valence-corrected chi connectivity index (χ4v) is 3.79. The lowest BCUT2D eigenvalue weighted by Gasteiger charge is -2.25. The Balaban J connectivity index is 2.41. The molecule has 0 spiro atoms. The number of likely N-dealkylation sites (tertiary alicyclic amines) is 1. The van der Waals surface area contributed by atoms with Crippen molar-refractivity contribution in [1.82, 2.24) is 4.90 Å². The van der Waals surface area contributed by atoms with Crippen molar-refractivity contribution < 1.29 is 41.8 Å². The van der Waals surface area contributed by atoms with Gasteiger partial charge in [-0.3, -0.25) is 9.69 Å². The predicted octanol–water partition coefficient (Wildman–Crippen LogP) is 3.53. The first-order valence-electron chi connectivity index (χ1n) is 9.38. The highest BCUT2D eigenvalue weighted by Crippen LogP contribution is 2.39. The first-order chi connectivity index (χ1) is 14.5. The highest BCUT2D eigenvalue weighted by atomic mass is 19.4. The molecule has 0 radical (unpaired) electrons. The van der Waals surface area contributed by atoms with Gasteiger partial charge in [0.15, 0.2) is 0 Å². The van der Waals surface area contributed by atoms with Crippen LogP contribution in [-0.4, -0.2) is 56.8 Å². The molecular formula is C21H24F3NO6. The summed E-state index contributed by atoms with van der Waals surface area (Å²) in [7, 11) is 3.55. The van der Waals surface area contributed by atoms with E-state index in [9.17, 15) is 27.6 Å². The Bertz CT molecular complexity index is 850. The Morgan fingerprint density at radius 1 is 1.06 bits per heavy atom. The van der Waals surface area contributed by atoms with Crippen LogP contribution in [0.1, 0.15) is 24.5 Å². The first-order valence-corrected chi connectivity index (χ1v) is 9.38. The minimum absolute atomic E-state index is 0.0665. The Kier molecular flexibility index (Phi) is 7.70. The Morgan fingerprint density at radius 3 is 2.16 bits per heavy atom. The van der Waals surface area contributed by atoms with Gasteiger partial charge in [0.1, 0.15) is 6.04 Å². The van der Waals surface area contributed by atoms with Gasteiger partial charge in [-0.2, -0.15) is 13.2 Å². The molecule has 7 nitrogen and oxygen atoms in total. The lowest BCUT2D eigenvalue weighted by Crippen LogP contribution is -2.44. The molecule has 1 fully saturated rings. The Morgan fingerprint density at radius 2 is 1.68 bits per heavy atom. The van der Waals surface area contributed by atoms with E-state index in [1.165, 1.54) is 38.4 Å². The molecule has 0 unspecified atom stereocenters. The van der Waals surface area contributed by atoms with E-state index in [4.69, 9.17) is 14.2 Å². The molecule has 1 amide bonds. The molecule has 0 bridgehead atoms. The van der Waals surface area contributed by atoms with Crippen LogP contribution in [0, 0.1) is 11.8 Å². The number of carbonyl (C=O) groups is 3. The highest BCUT2D eigenvalue weighted by Gasteiger charge is 2.50. The standard InChI is InChI=1S/C21H24F3NO6/c1-12(9-13-5-7-14(8-6-13)21(22,23)24)16-11-25(20(28)31-4)18(19(27)30-3)15(16)10-17(26)29-2/h5-9,15-16,18H,10-11H2,1-4H3/b12-9+/t15-,16+,18-/m0/s1. The van der Waals surface area contributed by atoms with Crippen LogP contribution in [0.2, 0.25) is 0 Å². The number of alkyl halides is 3. The van der Waals surface area contributed by atoms with Crippen molar-refractivity contribution in [3.05, 3.63) is 41.0 Å². The quantitative estimate of drug-likeness (QED) is 0.512. The Labute approximate surface area is 177 Å². The molecule has 2 rings (SSSR count). The largest absolute Gasteiger partial charge is 0.469 e. The third kappa shape index (κ3) is 5.56. The SMILES string of the molecule is COC(=O)C[C@H]1[C@@H](/C(C)=C/c2ccc(C(F)(F)F)cc2)CN(C(=O)OC)[C@@H]1C(=O)OC. The molecular weight excluding hydrogens is 419 g/mol. The normalized spacial score (nSPS) is 21.6. The number of hydrogen-bond acceptors (Lipinski definition) is 6. The number of methoxy groups -OCH3 is 3. The van der Waals surface area contributed by atoms with E-state index in [1.54, 1.807) is 13.0 Å². The molecule has 170 valence electrons. The Hall–Kier alpha value is -3.04. The third-order valence-corrected chi connectivity index (χ3v) is 5.35. The number of benzene rings is 1. The van der Waals surface area contributed by atoms with Gasteiger partial charge >= 0.3 is 24.2 Å². The van der Waals surface area contributed by atoms with Crippen molar-refractivity contribution in [2.75, 3.05) is 27.9 Å². The minimum Gasteiger partial charge on any atom is -0.469 e. The zero-order valence-electron chi connectivity index (χ0n) is 17.6. The average Bonchev–Trinajstić information content (AvgIpc) is 3.11. The average molecular weight is 443 g/mol. The van der Waals surface area contributed by atoms with Crippen molar-refractivity contribution in [3.63, 3.8) is 0 Å². The number of hydrogen-bond donors (Lipinski definition) is 0. The molecule has 3 atom stereocenters. The molecule has 1 aliphatic rings. The number of amides is 1. The minimum atomic E-state index is -4.44. The fraction of sp³-hybridized carbons (Fsp3) is 0.476. The zero-order valence-corrected chi connectivity index (χ0v) is 17.6. The van der Waals surface area contributed by atoms with E-state index < -0.39 is 47.6 Å². The van der Waals surface area contributed by atoms with Gasteiger partial charge < -0.3 is 14.2 Å². The van der Waals surface area contributed by atoms with Crippen molar-refractivity contribution in [1.29, 1.82) is 0 Å². The molecule has 0 saturated carbocycles. The summed E-state index contributed by atoms with van der Waals surface area (Å²) in [6.45, 7) is 1.79. The van der Waals surface area contributed by atoms with Crippen molar-refractivity contribution in [2.24, 2.45) is 11.8 Å². The van der Waals surface area contributed by atoms with Crippen LogP contribution in [0.5, 0.6) is 0 Å². The van der Waals surface area contributed by atoms with E-state index in [2.05, 4.69) is 0 Å². The summed E-state index contributed by atoms with van der Waals surface area (Å²) in [4.78, 5) is 37.9. The summed E-state index contributed by atoms with van der Waals surface area (Å²) in [5.74, 6) is -2.39. The summed E-state index contributed by atoms with van der Waals surface area (Å²) in [6.07, 6.45) is -3.70. The molecule has 10 heteroatoms. The molecule has 1 aromatic rings. The summed E-state index contributed by atoms with van der Waals surface area (Å²) < 4.78 is 52.7. The molecule has 1 saturated heterocycles. The maximum Gasteiger partial charge on any atom is 0.416 e. The van der Waals surface area contributed by atoms with Gasteiger partial charge in [0, 0.05) is 18.4 Å². The molecule has 1 heterocycles. The lowest BCUT2D eigenvalue weighted by atomic mass is 9.82. The predicted molar refractivity (Wildman–Crippen MR) is 104 cm³/mol. The molecule has 31 heavy (non-hydrogen) atoms. The molecule has 1 aromatic carbocycles. The van der Waals surface area contributed by atoms with Crippen LogP contribution in [0.15, 0.2) is 29.8 Å². The molecule has 1 aliphatic heterocycles. The molecule has 0 aromatic heterocycles. The van der Waals surface area contributed by atoms with Crippen molar-refractivity contribution in [3.8, 4) is 0 Å². The highest BCUT2D eigenvalue weighted by molar-refractivity contribution is 5.84. The molecule has 0 N–H and O–H groups in total. The number of halogens is 3. The van der Waals surface area contributed by atoms with Gasteiger partial charge in [-0.15, -0.1) is 0 Å². The van der Waals surface area contributed by atoms with Gasteiger partial charge in [-0.05, 0) is 24.6 Å². The number of nitrogens with zero attached hydrogens (tertiary/aromatic N) is 1. The van der Waals surface area contributed by atoms with E-state index in [0.717, 1.165) is 12.1 Å². The summed E-state index contributed by atoms with van der Waals surface area (Å²) in [5.41, 5.74) is 0.414.